The van der Waals surface area contributed by atoms with E-state index < -0.39 is 24.0 Å². The number of H-pyrrole nitrogens is 1. The fourth-order valence-corrected chi connectivity index (χ4v) is 2.56. The van der Waals surface area contributed by atoms with E-state index in [1.54, 1.807) is 31.2 Å². The van der Waals surface area contributed by atoms with Crippen LogP contribution in [-0.2, 0) is 20.9 Å². The van der Waals surface area contributed by atoms with E-state index in [9.17, 15) is 19.2 Å². The van der Waals surface area contributed by atoms with Crippen molar-refractivity contribution >= 4 is 40.6 Å². The predicted molar refractivity (Wildman–Crippen MR) is 128 cm³/mol. The summed E-state index contributed by atoms with van der Waals surface area (Å²) in [5.74, 6) is -1.72. The van der Waals surface area contributed by atoms with E-state index in [1.165, 1.54) is 6.20 Å². The molecule has 3 aromatic rings. The molecule has 0 aliphatic carbocycles. The van der Waals surface area contributed by atoms with Crippen LogP contribution in [0.4, 0.5) is 11.6 Å². The van der Waals surface area contributed by atoms with Gasteiger partial charge in [-0.05, 0) is 30.7 Å². The molecule has 35 heavy (non-hydrogen) atoms. The number of nitrogens with one attached hydrogen (secondary N) is 3. The Morgan fingerprint density at radius 3 is 2.49 bits per heavy atom. The third-order valence-electron chi connectivity index (χ3n) is 4.26. The Labute approximate surface area is 200 Å². The second-order valence-electron chi connectivity index (χ2n) is 7.07. The first-order valence-electron chi connectivity index (χ1n) is 10.7. The van der Waals surface area contributed by atoms with E-state index in [4.69, 9.17) is 15.6 Å². The van der Waals surface area contributed by atoms with Crippen LogP contribution < -0.4 is 21.9 Å². The normalized spacial score (nSPS) is 10.1. The van der Waals surface area contributed by atoms with Crippen molar-refractivity contribution in [2.24, 2.45) is 0 Å². The summed E-state index contributed by atoms with van der Waals surface area (Å²) in [5, 5.41) is 13.9. The zero-order valence-corrected chi connectivity index (χ0v) is 19.3. The second-order valence-corrected chi connectivity index (χ2v) is 7.07. The summed E-state index contributed by atoms with van der Waals surface area (Å²) in [4.78, 5) is 59.0. The number of fused-ring (bicyclic) bond motifs is 1. The zero-order chi connectivity index (χ0) is 25.8. The molecule has 0 unspecified atom stereocenters. The Balaban J connectivity index is 0.000000466. The molecule has 0 radical (unpaired) electrons. The Morgan fingerprint density at radius 2 is 1.86 bits per heavy atom. The van der Waals surface area contributed by atoms with Crippen molar-refractivity contribution in [1.29, 1.82) is 0 Å². The van der Waals surface area contributed by atoms with Gasteiger partial charge in [-0.1, -0.05) is 13.8 Å². The molecule has 0 saturated heterocycles. The highest BCUT2D eigenvalue weighted by molar-refractivity contribution is 5.96. The maximum Gasteiger partial charge on any atom is 0.322 e. The van der Waals surface area contributed by atoms with Gasteiger partial charge in [0.25, 0.3) is 11.5 Å². The van der Waals surface area contributed by atoms with E-state index in [2.05, 4.69) is 30.6 Å². The Kier molecular flexibility index (Phi) is 10.1. The summed E-state index contributed by atoms with van der Waals surface area (Å²) in [5.41, 5.74) is 6.80. The van der Waals surface area contributed by atoms with Gasteiger partial charge in [0, 0.05) is 17.7 Å². The Bertz CT molecular complexity index is 1230. The molecule has 2 aromatic heterocycles. The smallest absolute Gasteiger partial charge is 0.322 e. The summed E-state index contributed by atoms with van der Waals surface area (Å²) >= 11 is 0. The number of benzene rings is 1. The van der Waals surface area contributed by atoms with Crippen molar-refractivity contribution in [3.63, 3.8) is 0 Å². The molecule has 186 valence electrons. The van der Waals surface area contributed by atoms with E-state index in [1.807, 2.05) is 6.92 Å². The van der Waals surface area contributed by atoms with Crippen LogP contribution in [0.1, 0.15) is 42.7 Å². The van der Waals surface area contributed by atoms with Crippen LogP contribution in [0.15, 0.2) is 35.3 Å². The molecule has 0 bridgehead atoms. The molecule has 3 rings (SSSR count). The van der Waals surface area contributed by atoms with Crippen LogP contribution in [-0.4, -0.2) is 56.0 Å². The number of nitrogen functional groups attached to an aromatic ring is 1. The maximum absolute atomic E-state index is 11.8. The average molecular weight is 486 g/mol. The van der Waals surface area contributed by atoms with E-state index in [-0.39, 0.29) is 29.6 Å². The Morgan fingerprint density at radius 1 is 1.14 bits per heavy atom. The summed E-state index contributed by atoms with van der Waals surface area (Å²) < 4.78 is 4.70. The molecule has 13 heteroatoms. The number of carboxylic acid groups (broad SMARTS) is 1. The quantitative estimate of drug-likeness (QED) is 0.271. The van der Waals surface area contributed by atoms with Crippen molar-refractivity contribution in [3.05, 3.63) is 52.1 Å². The molecule has 0 spiro atoms. The van der Waals surface area contributed by atoms with Crippen molar-refractivity contribution < 1.29 is 24.2 Å². The van der Waals surface area contributed by atoms with Crippen LogP contribution in [0.2, 0.25) is 0 Å². The van der Waals surface area contributed by atoms with E-state index in [0.29, 0.717) is 30.0 Å². The number of ether oxygens (including phenoxy) is 1. The summed E-state index contributed by atoms with van der Waals surface area (Å²) in [6.45, 7) is 4.17. The molecule has 0 aliphatic heterocycles. The number of nitrogens with zero attached hydrogens (tertiary/aromatic N) is 3. The highest BCUT2D eigenvalue weighted by Gasteiger charge is 2.08. The minimum absolute atomic E-state index is 0.0276. The fraction of sp³-hybridized carbons (Fsp3) is 0.318. The van der Waals surface area contributed by atoms with Gasteiger partial charge in [0.15, 0.2) is 11.2 Å². The zero-order valence-electron chi connectivity index (χ0n) is 19.3. The lowest BCUT2D eigenvalue weighted by atomic mass is 10.2. The molecule has 13 nitrogen and oxygen atoms in total. The van der Waals surface area contributed by atoms with Gasteiger partial charge in [0.1, 0.15) is 6.54 Å². The number of esters is 1. The molecule has 1 aromatic carbocycles. The van der Waals surface area contributed by atoms with E-state index in [0.717, 1.165) is 6.42 Å². The first kappa shape index (κ1) is 26.7. The molecule has 0 saturated carbocycles. The van der Waals surface area contributed by atoms with Crippen LogP contribution >= 0.6 is 0 Å². The molecular formula is C22H27N7O6. The third kappa shape index (κ3) is 8.72. The first-order valence-corrected chi connectivity index (χ1v) is 10.7. The SMILES string of the molecule is CCCOC(=O)CC.Nc1nc2ncc(CNc3ccc(C(=O)NCC(=O)O)cc3)nc2c(=O)[nH]1. The maximum atomic E-state index is 11.8. The fourth-order valence-electron chi connectivity index (χ4n) is 2.56. The molecular weight excluding hydrogens is 458 g/mol. The average Bonchev–Trinajstić information content (AvgIpc) is 2.85. The number of amides is 1. The number of aromatic amines is 1. The lowest BCUT2D eigenvalue weighted by Gasteiger charge is -2.08. The van der Waals surface area contributed by atoms with Crippen molar-refractivity contribution in [2.75, 3.05) is 24.2 Å². The van der Waals surface area contributed by atoms with Gasteiger partial charge in [-0.3, -0.25) is 24.2 Å². The number of carboxylic acids is 1. The molecule has 0 atom stereocenters. The molecule has 1 amide bonds. The number of hydrogen-bond donors (Lipinski definition) is 5. The van der Waals surface area contributed by atoms with Gasteiger partial charge in [-0.25, -0.2) is 9.97 Å². The number of nitrogens with two attached hydrogens (primary N) is 1. The van der Waals surface area contributed by atoms with E-state index >= 15 is 0 Å². The summed E-state index contributed by atoms with van der Waals surface area (Å²) in [7, 11) is 0. The molecule has 0 fully saturated rings. The second kappa shape index (κ2) is 13.2. The highest BCUT2D eigenvalue weighted by Crippen LogP contribution is 2.11. The summed E-state index contributed by atoms with van der Waals surface area (Å²) in [6.07, 6.45) is 2.88. The Hall–Kier alpha value is -4.55. The standard InChI is InChI=1S/C16H15N7O4.C6H12O2/c17-16-22-13-12(15(27)23-16)21-10(6-19-13)5-18-9-3-1-8(2-4-9)14(26)20-7-11(24)25;1-3-5-8-6(7)4-2/h1-4,6,18H,5,7H2,(H,20,26)(H,24,25)(H3,17,19,22,23,27);3-5H2,1-2H3. The monoisotopic (exact) mass is 485 g/mol. The minimum Gasteiger partial charge on any atom is -0.480 e. The lowest BCUT2D eigenvalue weighted by molar-refractivity contribution is -0.143. The van der Waals surface area contributed by atoms with Gasteiger partial charge < -0.3 is 26.2 Å². The number of carbonyl (C=O) groups is 3. The number of aromatic nitrogens is 4. The third-order valence-corrected chi connectivity index (χ3v) is 4.26. The molecule has 2 heterocycles. The largest absolute Gasteiger partial charge is 0.480 e. The van der Waals surface area contributed by atoms with Gasteiger partial charge >= 0.3 is 11.9 Å². The van der Waals surface area contributed by atoms with Crippen LogP contribution in [0, 0.1) is 0 Å². The number of rotatable bonds is 9. The van der Waals surface area contributed by atoms with Crippen molar-refractivity contribution in [3.8, 4) is 0 Å². The number of anilines is 2. The van der Waals surface area contributed by atoms with Gasteiger partial charge in [0.05, 0.1) is 25.0 Å². The van der Waals surface area contributed by atoms with Crippen LogP contribution in [0.25, 0.3) is 11.2 Å². The molecule has 0 aliphatic rings. The summed E-state index contributed by atoms with van der Waals surface area (Å²) in [6, 6.07) is 6.45. The van der Waals surface area contributed by atoms with Crippen LogP contribution in [0.3, 0.4) is 0 Å². The number of carbonyl (C=O) groups excluding carboxylic acids is 2. The number of aliphatic carboxylic acids is 1. The minimum atomic E-state index is -1.12. The van der Waals surface area contributed by atoms with Crippen molar-refractivity contribution in [2.45, 2.75) is 33.2 Å². The lowest BCUT2D eigenvalue weighted by Crippen LogP contribution is -2.29. The first-order chi connectivity index (χ1) is 16.7. The van der Waals surface area contributed by atoms with Crippen LogP contribution in [0.5, 0.6) is 0 Å². The van der Waals surface area contributed by atoms with Crippen molar-refractivity contribution in [1.82, 2.24) is 25.3 Å². The van der Waals surface area contributed by atoms with Gasteiger partial charge in [0.2, 0.25) is 5.95 Å². The highest BCUT2D eigenvalue weighted by atomic mass is 16.5. The topological polar surface area (TPSA) is 202 Å². The van der Waals surface area contributed by atoms with Gasteiger partial charge in [-0.15, -0.1) is 0 Å². The van der Waals surface area contributed by atoms with Gasteiger partial charge in [-0.2, -0.15) is 4.98 Å². The predicted octanol–water partition coefficient (Wildman–Crippen LogP) is 1.07. The number of hydrogen-bond acceptors (Lipinski definition) is 10. The molecule has 6 N–H and O–H groups in total.